The molecule has 0 aliphatic heterocycles. The van der Waals surface area contributed by atoms with Gasteiger partial charge in [-0.15, -0.1) is 6.58 Å². The van der Waals surface area contributed by atoms with E-state index in [0.29, 0.717) is 0 Å². The van der Waals surface area contributed by atoms with E-state index in [1.54, 1.807) is 0 Å². The quantitative estimate of drug-likeness (QED) is 0.471. The van der Waals surface area contributed by atoms with E-state index in [9.17, 15) is 0 Å². The molecule has 15 heavy (non-hydrogen) atoms. The molecule has 1 aromatic carbocycles. The highest BCUT2D eigenvalue weighted by molar-refractivity contribution is 6.77. The summed E-state index contributed by atoms with van der Waals surface area (Å²) in [4.78, 5) is 0. The van der Waals surface area contributed by atoms with Gasteiger partial charge in [-0.1, -0.05) is 19.2 Å². The molecule has 3 heteroatoms. The van der Waals surface area contributed by atoms with Crippen molar-refractivity contribution in [3.63, 3.8) is 0 Å². The first-order valence-corrected chi connectivity index (χ1v) is 8.54. The molecule has 0 radical (unpaired) electrons. The van der Waals surface area contributed by atoms with E-state index in [1.165, 1.54) is 0 Å². The minimum Gasteiger partial charge on any atom is -0.497 e. The zero-order chi connectivity index (χ0) is 11.3. The van der Waals surface area contributed by atoms with Crippen molar-refractivity contribution in [2.75, 3.05) is 12.0 Å². The van der Waals surface area contributed by atoms with Crippen molar-refractivity contribution in [2.45, 2.75) is 19.1 Å². The van der Waals surface area contributed by atoms with Gasteiger partial charge >= 0.3 is 0 Å². The molecule has 0 aliphatic rings. The Morgan fingerprint density at radius 3 is 2.47 bits per heavy atom. The number of hydrogen-bond acceptors (Lipinski definition) is 2. The molecule has 0 atom stereocenters. The predicted molar refractivity (Wildman–Crippen MR) is 68.8 cm³/mol. The zero-order valence-electron chi connectivity index (χ0n) is 9.49. The second-order valence-corrected chi connectivity index (χ2v) is 9.54. The Bertz CT molecular complexity index is 319. The lowest BCUT2D eigenvalue weighted by Crippen LogP contribution is -2.33. The topological polar surface area (TPSA) is 35.2 Å². The number of anilines is 1. The van der Waals surface area contributed by atoms with Gasteiger partial charge in [-0.3, -0.25) is 0 Å². The van der Waals surface area contributed by atoms with E-state index in [4.69, 9.17) is 10.5 Å². The van der Waals surface area contributed by atoms with Gasteiger partial charge in [-0.25, -0.2) is 0 Å². The van der Waals surface area contributed by atoms with E-state index in [1.807, 2.05) is 30.3 Å². The van der Waals surface area contributed by atoms with Crippen LogP contribution in [0.2, 0.25) is 19.1 Å². The first-order valence-electron chi connectivity index (χ1n) is 5.13. The summed E-state index contributed by atoms with van der Waals surface area (Å²) >= 11 is 0. The smallest absolute Gasteiger partial charge is 0.118 e. The van der Waals surface area contributed by atoms with Crippen LogP contribution in [0.3, 0.4) is 0 Å². The third kappa shape index (κ3) is 4.21. The molecule has 0 bridgehead atoms. The molecular formula is C12H19NOSi. The molecule has 1 aromatic rings. The average Bonchev–Trinajstić information content (AvgIpc) is 2.17. The maximum atomic E-state index is 5.74. The number of benzene rings is 1. The Morgan fingerprint density at radius 1 is 1.33 bits per heavy atom. The predicted octanol–water partition coefficient (Wildman–Crippen LogP) is 3.08. The summed E-state index contributed by atoms with van der Waals surface area (Å²) < 4.78 is 5.74. The summed E-state index contributed by atoms with van der Waals surface area (Å²) in [7, 11) is -1.27. The van der Waals surface area contributed by atoms with E-state index in [2.05, 4.69) is 19.7 Å². The minimum atomic E-state index is -1.27. The van der Waals surface area contributed by atoms with Crippen LogP contribution in [0.15, 0.2) is 36.9 Å². The first kappa shape index (κ1) is 11.8. The van der Waals surface area contributed by atoms with Crippen molar-refractivity contribution in [1.82, 2.24) is 0 Å². The molecule has 0 unspecified atom stereocenters. The van der Waals surface area contributed by atoms with Crippen molar-refractivity contribution < 1.29 is 4.74 Å². The van der Waals surface area contributed by atoms with Crippen molar-refractivity contribution in [3.05, 3.63) is 36.9 Å². The zero-order valence-corrected chi connectivity index (χ0v) is 10.5. The monoisotopic (exact) mass is 221 g/mol. The molecule has 0 fully saturated rings. The second-order valence-electron chi connectivity index (χ2n) is 4.51. The van der Waals surface area contributed by atoms with Crippen molar-refractivity contribution >= 4 is 13.8 Å². The molecule has 0 aromatic heterocycles. The summed E-state index contributed by atoms with van der Waals surface area (Å²) in [6, 6.07) is 8.62. The van der Waals surface area contributed by atoms with Crippen LogP contribution in [0.25, 0.3) is 0 Å². The van der Waals surface area contributed by atoms with Crippen LogP contribution in [0.1, 0.15) is 0 Å². The molecule has 1 rings (SSSR count). The maximum absolute atomic E-state index is 5.74. The van der Waals surface area contributed by atoms with Crippen molar-refractivity contribution in [3.8, 4) is 5.75 Å². The van der Waals surface area contributed by atoms with Gasteiger partial charge in [0.05, 0.1) is 14.3 Å². The summed E-state index contributed by atoms with van der Waals surface area (Å²) in [5.41, 5.74) is 6.36. The molecule has 0 amide bonds. The van der Waals surface area contributed by atoms with Crippen LogP contribution < -0.4 is 10.5 Å². The molecule has 2 N–H and O–H groups in total. The second kappa shape index (κ2) is 5.03. The summed E-state index contributed by atoms with van der Waals surface area (Å²) in [5, 5.41) is 0. The van der Waals surface area contributed by atoms with Crippen LogP contribution >= 0.6 is 0 Å². The van der Waals surface area contributed by atoms with Gasteiger partial charge in [0.2, 0.25) is 0 Å². The molecular weight excluding hydrogens is 202 g/mol. The lowest BCUT2D eigenvalue weighted by atomic mass is 10.3. The number of ether oxygens (including phenoxy) is 1. The van der Waals surface area contributed by atoms with Crippen molar-refractivity contribution in [2.24, 2.45) is 0 Å². The standard InChI is InChI=1S/C12H19NOSi/c1-4-9-15(2,3)10-14-12-7-5-11(13)6-8-12/h4-8H,1,9-10,13H2,2-3H3. The SMILES string of the molecule is C=CC[Si](C)(C)COc1ccc(N)cc1. The highest BCUT2D eigenvalue weighted by atomic mass is 28.3. The number of hydrogen-bond donors (Lipinski definition) is 1. The van der Waals surface area contributed by atoms with E-state index < -0.39 is 8.07 Å². The number of allylic oxidation sites excluding steroid dienone is 1. The van der Waals surface area contributed by atoms with Gasteiger partial charge in [-0.05, 0) is 30.3 Å². The highest BCUT2D eigenvalue weighted by Crippen LogP contribution is 2.16. The summed E-state index contributed by atoms with van der Waals surface area (Å²) in [5.74, 6) is 0.897. The largest absolute Gasteiger partial charge is 0.497 e. The molecule has 0 spiro atoms. The lowest BCUT2D eigenvalue weighted by Gasteiger charge is -2.20. The summed E-state index contributed by atoms with van der Waals surface area (Å²) in [6.07, 6.45) is 2.81. The van der Waals surface area contributed by atoms with Crippen LogP contribution in [-0.2, 0) is 0 Å². The molecule has 0 saturated heterocycles. The Morgan fingerprint density at radius 2 is 1.93 bits per heavy atom. The number of rotatable bonds is 5. The van der Waals surface area contributed by atoms with Crippen LogP contribution in [0.4, 0.5) is 5.69 Å². The van der Waals surface area contributed by atoms with Gasteiger partial charge in [0.15, 0.2) is 0 Å². The molecule has 0 aliphatic carbocycles. The highest BCUT2D eigenvalue weighted by Gasteiger charge is 2.19. The van der Waals surface area contributed by atoms with Crippen LogP contribution in [0, 0.1) is 0 Å². The van der Waals surface area contributed by atoms with Gasteiger partial charge in [-0.2, -0.15) is 0 Å². The van der Waals surface area contributed by atoms with E-state index >= 15 is 0 Å². The van der Waals surface area contributed by atoms with Gasteiger partial charge < -0.3 is 10.5 Å². The molecule has 82 valence electrons. The first-order chi connectivity index (χ1) is 7.03. The summed E-state index contributed by atoms with van der Waals surface area (Å²) in [6.45, 7) is 8.37. The number of nitrogens with two attached hydrogens (primary N) is 1. The lowest BCUT2D eigenvalue weighted by molar-refractivity contribution is 0.377. The molecule has 2 nitrogen and oxygen atoms in total. The van der Waals surface area contributed by atoms with Gasteiger partial charge in [0, 0.05) is 5.69 Å². The van der Waals surface area contributed by atoms with Gasteiger partial charge in [0.25, 0.3) is 0 Å². The molecule has 0 saturated carbocycles. The Kier molecular flexibility index (Phi) is 3.97. The van der Waals surface area contributed by atoms with E-state index in [-0.39, 0.29) is 0 Å². The minimum absolute atomic E-state index is 0.768. The normalized spacial score (nSPS) is 11.1. The fourth-order valence-corrected chi connectivity index (χ4v) is 2.75. The average molecular weight is 221 g/mol. The Balaban J connectivity index is 2.49. The maximum Gasteiger partial charge on any atom is 0.118 e. The Labute approximate surface area is 92.8 Å². The number of nitrogen functional groups attached to an aromatic ring is 1. The fourth-order valence-electron chi connectivity index (χ4n) is 1.29. The Hall–Kier alpha value is -1.22. The van der Waals surface area contributed by atoms with Gasteiger partial charge in [0.1, 0.15) is 5.75 Å². The fraction of sp³-hybridized carbons (Fsp3) is 0.333. The third-order valence-corrected chi connectivity index (χ3v) is 4.53. The van der Waals surface area contributed by atoms with Crippen molar-refractivity contribution in [1.29, 1.82) is 0 Å². The van der Waals surface area contributed by atoms with Crippen LogP contribution in [0.5, 0.6) is 5.75 Å². The third-order valence-electron chi connectivity index (χ3n) is 2.21. The molecule has 0 heterocycles. The van der Waals surface area contributed by atoms with E-state index in [0.717, 1.165) is 23.7 Å². The van der Waals surface area contributed by atoms with Crippen LogP contribution in [-0.4, -0.2) is 14.3 Å².